The average Bonchev–Trinajstić information content (AvgIpc) is 2.63. The highest BCUT2D eigenvalue weighted by molar-refractivity contribution is 7.89. The zero-order chi connectivity index (χ0) is 17.9. The van der Waals surface area contributed by atoms with Crippen LogP contribution in [0.1, 0.15) is 0 Å². The van der Waals surface area contributed by atoms with Crippen molar-refractivity contribution < 1.29 is 22.3 Å². The van der Waals surface area contributed by atoms with E-state index < -0.39 is 21.9 Å². The third kappa shape index (κ3) is 3.80. The third-order valence-electron chi connectivity index (χ3n) is 3.90. The Morgan fingerprint density at radius 1 is 0.920 bits per heavy atom. The molecule has 1 fully saturated rings. The number of hydrogen-bond donors (Lipinski definition) is 0. The summed E-state index contributed by atoms with van der Waals surface area (Å²) in [6, 6.07) is 13.9. The summed E-state index contributed by atoms with van der Waals surface area (Å²) >= 11 is 0. The number of hydrogen-bond acceptors (Lipinski definition) is 4. The van der Waals surface area contributed by atoms with Gasteiger partial charge in [-0.05, 0) is 24.3 Å². The van der Waals surface area contributed by atoms with Crippen molar-refractivity contribution in [3.8, 4) is 5.75 Å². The minimum absolute atomic E-state index is 0.0839. The topological polar surface area (TPSA) is 66.9 Å². The summed E-state index contributed by atoms with van der Waals surface area (Å²) < 4.78 is 45.3. The lowest BCUT2D eigenvalue weighted by Crippen LogP contribution is -2.51. The summed E-state index contributed by atoms with van der Waals surface area (Å²) in [5.74, 6) is -0.359. The molecule has 1 amide bonds. The van der Waals surface area contributed by atoms with Crippen LogP contribution in [0.2, 0.25) is 0 Å². The molecule has 1 aliphatic heterocycles. The maximum atomic E-state index is 13.8. The molecular formula is C17H17FN2O4S. The molecule has 1 heterocycles. The average molecular weight is 364 g/mol. The zero-order valence-electron chi connectivity index (χ0n) is 13.3. The van der Waals surface area contributed by atoms with Gasteiger partial charge in [-0.3, -0.25) is 0 Å². The van der Waals surface area contributed by atoms with E-state index in [1.807, 2.05) is 6.07 Å². The van der Waals surface area contributed by atoms with Crippen molar-refractivity contribution >= 4 is 16.1 Å². The van der Waals surface area contributed by atoms with Gasteiger partial charge in [0, 0.05) is 26.2 Å². The van der Waals surface area contributed by atoms with Crippen LogP contribution in [0.5, 0.6) is 5.75 Å². The SMILES string of the molecule is O=C(Oc1ccccc1)N1CCN(S(=O)(=O)c2ccccc2F)CC1. The number of nitrogens with zero attached hydrogens (tertiary/aromatic N) is 2. The zero-order valence-corrected chi connectivity index (χ0v) is 14.2. The van der Waals surface area contributed by atoms with Crippen LogP contribution in [0, 0.1) is 5.82 Å². The molecule has 25 heavy (non-hydrogen) atoms. The van der Waals surface area contributed by atoms with Crippen molar-refractivity contribution in [2.75, 3.05) is 26.2 Å². The summed E-state index contributed by atoms with van der Waals surface area (Å²) in [7, 11) is -3.92. The van der Waals surface area contributed by atoms with Crippen LogP contribution in [0.15, 0.2) is 59.5 Å². The Bertz CT molecular complexity index is 850. The van der Waals surface area contributed by atoms with Crippen LogP contribution >= 0.6 is 0 Å². The Hall–Kier alpha value is -2.45. The number of halogens is 1. The number of carbonyl (C=O) groups is 1. The van der Waals surface area contributed by atoms with Gasteiger partial charge in [-0.2, -0.15) is 4.31 Å². The van der Waals surface area contributed by atoms with Crippen molar-refractivity contribution in [3.05, 3.63) is 60.4 Å². The molecule has 8 heteroatoms. The lowest BCUT2D eigenvalue weighted by molar-refractivity contribution is 0.132. The molecule has 0 atom stereocenters. The number of benzene rings is 2. The summed E-state index contributed by atoms with van der Waals surface area (Å²) in [5.41, 5.74) is 0. The van der Waals surface area contributed by atoms with Crippen LogP contribution in [0.3, 0.4) is 0 Å². The summed E-state index contributed by atoms with van der Waals surface area (Å²) in [6.45, 7) is 0.528. The van der Waals surface area contributed by atoms with Crippen molar-refractivity contribution in [2.45, 2.75) is 4.90 Å². The van der Waals surface area contributed by atoms with E-state index in [2.05, 4.69) is 0 Å². The number of piperazine rings is 1. The molecule has 0 bridgehead atoms. The second-order valence-corrected chi connectivity index (χ2v) is 7.41. The molecule has 2 aromatic carbocycles. The highest BCUT2D eigenvalue weighted by Crippen LogP contribution is 2.21. The van der Waals surface area contributed by atoms with Crippen LogP contribution in [0.25, 0.3) is 0 Å². The second kappa shape index (κ2) is 7.20. The number of sulfonamides is 1. The van der Waals surface area contributed by atoms with Gasteiger partial charge in [0.1, 0.15) is 16.5 Å². The van der Waals surface area contributed by atoms with Crippen LogP contribution in [0.4, 0.5) is 9.18 Å². The summed E-state index contributed by atoms with van der Waals surface area (Å²) in [4.78, 5) is 13.2. The highest BCUT2D eigenvalue weighted by atomic mass is 32.2. The maximum Gasteiger partial charge on any atom is 0.415 e. The largest absolute Gasteiger partial charge is 0.415 e. The van der Waals surface area contributed by atoms with Gasteiger partial charge < -0.3 is 9.64 Å². The van der Waals surface area contributed by atoms with Crippen molar-refractivity contribution in [1.82, 2.24) is 9.21 Å². The van der Waals surface area contributed by atoms with Crippen LogP contribution in [-0.2, 0) is 10.0 Å². The lowest BCUT2D eigenvalue weighted by atomic mass is 10.3. The molecule has 0 saturated carbocycles. The predicted octanol–water partition coefficient (Wildman–Crippen LogP) is 2.33. The minimum Gasteiger partial charge on any atom is -0.410 e. The molecule has 6 nitrogen and oxygen atoms in total. The molecule has 132 valence electrons. The lowest BCUT2D eigenvalue weighted by Gasteiger charge is -2.33. The third-order valence-corrected chi connectivity index (χ3v) is 5.83. The predicted molar refractivity (Wildman–Crippen MR) is 89.2 cm³/mol. The van der Waals surface area contributed by atoms with E-state index in [1.54, 1.807) is 24.3 Å². The molecule has 0 radical (unpaired) electrons. The van der Waals surface area contributed by atoms with Gasteiger partial charge in [-0.15, -0.1) is 0 Å². The fraction of sp³-hybridized carbons (Fsp3) is 0.235. The van der Waals surface area contributed by atoms with Gasteiger partial charge in [0.15, 0.2) is 0 Å². The molecule has 0 unspecified atom stereocenters. The number of amides is 1. The van der Waals surface area contributed by atoms with E-state index in [0.717, 1.165) is 6.07 Å². The first kappa shape index (κ1) is 17.4. The number of rotatable bonds is 3. The van der Waals surface area contributed by atoms with E-state index in [9.17, 15) is 17.6 Å². The van der Waals surface area contributed by atoms with Gasteiger partial charge >= 0.3 is 6.09 Å². The normalized spacial score (nSPS) is 15.8. The first-order valence-electron chi connectivity index (χ1n) is 7.75. The quantitative estimate of drug-likeness (QED) is 0.838. The van der Waals surface area contributed by atoms with Crippen LogP contribution < -0.4 is 4.74 Å². The minimum atomic E-state index is -3.92. The van der Waals surface area contributed by atoms with Crippen molar-refractivity contribution in [3.63, 3.8) is 0 Å². The van der Waals surface area contributed by atoms with Gasteiger partial charge in [0.2, 0.25) is 10.0 Å². The Labute approximate surface area is 145 Å². The van der Waals surface area contributed by atoms with Gasteiger partial charge in [-0.25, -0.2) is 17.6 Å². The summed E-state index contributed by atoms with van der Waals surface area (Å²) in [6.07, 6.45) is -0.533. The smallest absolute Gasteiger partial charge is 0.410 e. The molecule has 0 aromatic heterocycles. The molecule has 3 rings (SSSR count). The molecule has 1 saturated heterocycles. The Morgan fingerprint density at radius 3 is 2.16 bits per heavy atom. The molecule has 0 N–H and O–H groups in total. The first-order valence-corrected chi connectivity index (χ1v) is 9.19. The highest BCUT2D eigenvalue weighted by Gasteiger charge is 2.32. The molecule has 0 spiro atoms. The first-order chi connectivity index (χ1) is 12.0. The van der Waals surface area contributed by atoms with E-state index in [0.29, 0.717) is 5.75 Å². The molecular weight excluding hydrogens is 347 g/mol. The van der Waals surface area contributed by atoms with Gasteiger partial charge in [-0.1, -0.05) is 30.3 Å². The molecule has 0 aliphatic carbocycles. The van der Waals surface area contributed by atoms with E-state index in [4.69, 9.17) is 4.74 Å². The summed E-state index contributed by atoms with van der Waals surface area (Å²) in [5, 5.41) is 0. The standard InChI is InChI=1S/C17H17FN2O4S/c18-15-8-4-5-9-16(15)25(22,23)20-12-10-19(11-13-20)17(21)24-14-6-2-1-3-7-14/h1-9H,10-13H2. The Kier molecular flexibility index (Phi) is 5.00. The Balaban J connectivity index is 1.64. The number of ether oxygens (including phenoxy) is 1. The molecule has 2 aromatic rings. The van der Waals surface area contributed by atoms with E-state index >= 15 is 0 Å². The maximum absolute atomic E-state index is 13.8. The van der Waals surface area contributed by atoms with Gasteiger partial charge in [0.05, 0.1) is 0 Å². The number of para-hydroxylation sites is 1. The second-order valence-electron chi connectivity index (χ2n) is 5.50. The molecule has 1 aliphatic rings. The Morgan fingerprint density at radius 2 is 1.52 bits per heavy atom. The van der Waals surface area contributed by atoms with Crippen molar-refractivity contribution in [1.29, 1.82) is 0 Å². The monoisotopic (exact) mass is 364 g/mol. The van der Waals surface area contributed by atoms with Gasteiger partial charge in [0.25, 0.3) is 0 Å². The van der Waals surface area contributed by atoms with E-state index in [1.165, 1.54) is 27.4 Å². The number of carbonyl (C=O) groups excluding carboxylic acids is 1. The van der Waals surface area contributed by atoms with E-state index in [-0.39, 0.29) is 31.1 Å². The van der Waals surface area contributed by atoms with Crippen molar-refractivity contribution in [2.24, 2.45) is 0 Å². The van der Waals surface area contributed by atoms with Crippen LogP contribution in [-0.4, -0.2) is 49.9 Å². The fourth-order valence-electron chi connectivity index (χ4n) is 2.56. The fourth-order valence-corrected chi connectivity index (χ4v) is 4.05.